The molecule has 5 heteroatoms. The molecule has 0 aliphatic carbocycles. The second kappa shape index (κ2) is 5.32. The zero-order chi connectivity index (χ0) is 11.4. The van der Waals surface area contributed by atoms with Crippen LogP contribution in [0, 0.1) is 0 Å². The molecule has 0 N–H and O–H groups in total. The van der Waals surface area contributed by atoms with Gasteiger partial charge in [-0.3, -0.25) is 4.79 Å². The van der Waals surface area contributed by atoms with Crippen LogP contribution in [0.15, 0.2) is 50.8 Å². The molecule has 1 aromatic heterocycles. The molecule has 0 fully saturated rings. The molecule has 1 heterocycles. The van der Waals surface area contributed by atoms with Crippen molar-refractivity contribution in [2.75, 3.05) is 5.75 Å². The van der Waals surface area contributed by atoms with Gasteiger partial charge >= 0.3 is 0 Å². The van der Waals surface area contributed by atoms with Gasteiger partial charge in [0.25, 0.3) is 5.22 Å². The van der Waals surface area contributed by atoms with Crippen LogP contribution in [0.1, 0.15) is 10.4 Å². The first-order chi connectivity index (χ1) is 7.77. The van der Waals surface area contributed by atoms with Crippen LogP contribution >= 0.6 is 27.7 Å². The Balaban J connectivity index is 2.01. The molecule has 0 unspecified atom stereocenters. The summed E-state index contributed by atoms with van der Waals surface area (Å²) >= 11 is 4.64. The Kier molecular flexibility index (Phi) is 3.79. The number of carbonyl (C=O) groups is 1. The molecule has 0 saturated carbocycles. The summed E-state index contributed by atoms with van der Waals surface area (Å²) < 4.78 is 5.85. The summed E-state index contributed by atoms with van der Waals surface area (Å²) in [7, 11) is 0. The van der Waals surface area contributed by atoms with Crippen LogP contribution in [0.2, 0.25) is 0 Å². The Morgan fingerprint density at radius 1 is 1.44 bits per heavy atom. The summed E-state index contributed by atoms with van der Waals surface area (Å²) in [6.07, 6.45) is 3.05. The Bertz CT molecular complexity index is 484. The minimum Gasteiger partial charge on any atom is -0.440 e. The minimum atomic E-state index is 0.0516. The van der Waals surface area contributed by atoms with Gasteiger partial charge < -0.3 is 4.42 Å². The molecule has 0 amide bonds. The number of carbonyl (C=O) groups excluding carboxylic acids is 1. The van der Waals surface area contributed by atoms with Crippen molar-refractivity contribution in [1.82, 2.24) is 4.98 Å². The average Bonchev–Trinajstić information content (AvgIpc) is 2.79. The second-order valence-electron chi connectivity index (χ2n) is 2.99. The van der Waals surface area contributed by atoms with Gasteiger partial charge in [-0.1, -0.05) is 45.9 Å². The lowest BCUT2D eigenvalue weighted by atomic mass is 10.1. The van der Waals surface area contributed by atoms with Crippen molar-refractivity contribution in [1.29, 1.82) is 0 Å². The standard InChI is InChI=1S/C11H8BrNO2S/c12-9-4-2-1-3-8(9)10(14)7-16-11-13-5-6-15-11/h1-6H,7H2. The first-order valence-corrected chi connectivity index (χ1v) is 6.35. The van der Waals surface area contributed by atoms with Crippen molar-refractivity contribution in [2.45, 2.75) is 5.22 Å². The van der Waals surface area contributed by atoms with Crippen molar-refractivity contribution >= 4 is 33.5 Å². The van der Waals surface area contributed by atoms with E-state index in [1.807, 2.05) is 18.2 Å². The lowest BCUT2D eigenvalue weighted by molar-refractivity contribution is 0.102. The van der Waals surface area contributed by atoms with E-state index >= 15 is 0 Å². The van der Waals surface area contributed by atoms with Crippen molar-refractivity contribution in [3.63, 3.8) is 0 Å². The molecule has 0 aliphatic heterocycles. The van der Waals surface area contributed by atoms with E-state index in [0.29, 0.717) is 16.5 Å². The number of hydrogen-bond donors (Lipinski definition) is 0. The van der Waals surface area contributed by atoms with Crippen molar-refractivity contribution in [3.05, 3.63) is 46.8 Å². The average molecular weight is 298 g/mol. The van der Waals surface area contributed by atoms with Crippen LogP contribution in [0.3, 0.4) is 0 Å². The molecule has 0 aliphatic rings. The molecule has 0 spiro atoms. The Morgan fingerprint density at radius 2 is 2.25 bits per heavy atom. The summed E-state index contributed by atoms with van der Waals surface area (Å²) in [5.74, 6) is 0.374. The molecule has 1 aromatic carbocycles. The SMILES string of the molecule is O=C(CSc1ncco1)c1ccccc1Br. The fourth-order valence-electron chi connectivity index (χ4n) is 1.17. The highest BCUT2D eigenvalue weighted by atomic mass is 79.9. The largest absolute Gasteiger partial charge is 0.440 e. The van der Waals surface area contributed by atoms with Crippen LogP contribution in [0.25, 0.3) is 0 Å². The van der Waals surface area contributed by atoms with Crippen molar-refractivity contribution < 1.29 is 9.21 Å². The molecule has 0 bridgehead atoms. The Hall–Kier alpha value is -1.07. The van der Waals surface area contributed by atoms with Crippen molar-refractivity contribution in [2.24, 2.45) is 0 Å². The maximum Gasteiger partial charge on any atom is 0.255 e. The van der Waals surface area contributed by atoms with Gasteiger partial charge in [0.2, 0.25) is 0 Å². The zero-order valence-corrected chi connectivity index (χ0v) is 10.6. The van der Waals surface area contributed by atoms with Crippen LogP contribution in [-0.2, 0) is 0 Å². The van der Waals surface area contributed by atoms with Gasteiger partial charge in [0.15, 0.2) is 5.78 Å². The third-order valence-electron chi connectivity index (χ3n) is 1.91. The van der Waals surface area contributed by atoms with E-state index in [1.165, 1.54) is 18.0 Å². The lowest BCUT2D eigenvalue weighted by Crippen LogP contribution is -2.03. The topological polar surface area (TPSA) is 43.1 Å². The summed E-state index contributed by atoms with van der Waals surface area (Å²) in [6.45, 7) is 0. The van der Waals surface area contributed by atoms with E-state index in [2.05, 4.69) is 20.9 Å². The van der Waals surface area contributed by atoms with E-state index < -0.39 is 0 Å². The number of rotatable bonds is 4. The number of benzene rings is 1. The molecule has 0 saturated heterocycles. The Morgan fingerprint density at radius 3 is 2.94 bits per heavy atom. The monoisotopic (exact) mass is 297 g/mol. The van der Waals surface area contributed by atoms with Gasteiger partial charge in [-0.2, -0.15) is 0 Å². The number of Topliss-reactive ketones (excluding diaryl/α,β-unsaturated/α-hetero) is 1. The quantitative estimate of drug-likeness (QED) is 0.641. The van der Waals surface area contributed by atoms with E-state index in [0.717, 1.165) is 4.47 Å². The molecular formula is C11H8BrNO2S. The maximum atomic E-state index is 11.8. The first-order valence-electron chi connectivity index (χ1n) is 4.57. The smallest absolute Gasteiger partial charge is 0.255 e. The number of halogens is 1. The highest BCUT2D eigenvalue weighted by Gasteiger charge is 2.10. The third kappa shape index (κ3) is 2.74. The van der Waals surface area contributed by atoms with Crippen LogP contribution in [-0.4, -0.2) is 16.5 Å². The van der Waals surface area contributed by atoms with E-state index in [-0.39, 0.29) is 5.78 Å². The first kappa shape index (κ1) is 11.4. The summed E-state index contributed by atoms with van der Waals surface area (Å²) in [5.41, 5.74) is 0.682. The number of oxazole rings is 1. The highest BCUT2D eigenvalue weighted by Crippen LogP contribution is 2.21. The van der Waals surface area contributed by atoms with Gasteiger partial charge in [0, 0.05) is 10.0 Å². The van der Waals surface area contributed by atoms with E-state index in [9.17, 15) is 4.79 Å². The maximum absolute atomic E-state index is 11.8. The van der Waals surface area contributed by atoms with Gasteiger partial charge in [-0.15, -0.1) is 0 Å². The summed E-state index contributed by atoms with van der Waals surface area (Å²) in [5, 5.41) is 0.514. The zero-order valence-electron chi connectivity index (χ0n) is 8.22. The normalized spacial score (nSPS) is 10.3. The molecule has 0 atom stereocenters. The molecule has 2 rings (SSSR count). The van der Waals surface area contributed by atoms with Gasteiger partial charge in [0.05, 0.1) is 11.9 Å². The summed E-state index contributed by atoms with van der Waals surface area (Å²) in [6, 6.07) is 7.36. The van der Waals surface area contributed by atoms with Crippen LogP contribution in [0.4, 0.5) is 0 Å². The number of ketones is 1. The molecular weight excluding hydrogens is 290 g/mol. The van der Waals surface area contributed by atoms with Crippen LogP contribution < -0.4 is 0 Å². The van der Waals surface area contributed by atoms with E-state index in [1.54, 1.807) is 12.3 Å². The third-order valence-corrected chi connectivity index (χ3v) is 3.46. The second-order valence-corrected chi connectivity index (χ2v) is 4.77. The predicted molar refractivity (Wildman–Crippen MR) is 65.7 cm³/mol. The highest BCUT2D eigenvalue weighted by molar-refractivity contribution is 9.10. The molecule has 0 radical (unpaired) electrons. The fraction of sp³-hybridized carbons (Fsp3) is 0.0909. The van der Waals surface area contributed by atoms with Gasteiger partial charge in [-0.25, -0.2) is 4.98 Å². The molecule has 16 heavy (non-hydrogen) atoms. The molecule has 2 aromatic rings. The van der Waals surface area contributed by atoms with Crippen molar-refractivity contribution in [3.8, 4) is 0 Å². The number of nitrogens with zero attached hydrogens (tertiary/aromatic N) is 1. The predicted octanol–water partition coefficient (Wildman–Crippen LogP) is 3.41. The number of thioether (sulfide) groups is 1. The lowest BCUT2D eigenvalue weighted by Gasteiger charge is -2.01. The van der Waals surface area contributed by atoms with Gasteiger partial charge in [0.1, 0.15) is 6.26 Å². The van der Waals surface area contributed by atoms with E-state index in [4.69, 9.17) is 4.42 Å². The summed E-state index contributed by atoms with van der Waals surface area (Å²) in [4.78, 5) is 15.8. The fourth-order valence-corrected chi connectivity index (χ4v) is 2.35. The number of hydrogen-bond acceptors (Lipinski definition) is 4. The Labute approximate surface area is 105 Å². The number of aromatic nitrogens is 1. The van der Waals surface area contributed by atoms with Gasteiger partial charge in [-0.05, 0) is 6.07 Å². The molecule has 3 nitrogen and oxygen atoms in total. The minimum absolute atomic E-state index is 0.0516. The van der Waals surface area contributed by atoms with Crippen LogP contribution in [0.5, 0.6) is 0 Å². The molecule has 82 valence electrons.